The smallest absolute Gasteiger partial charge is 0.161 e. The van der Waals surface area contributed by atoms with Gasteiger partial charge in [0.2, 0.25) is 0 Å². The fraction of sp³-hybridized carbons (Fsp3) is 0.258. The van der Waals surface area contributed by atoms with Gasteiger partial charge in [-0.1, -0.05) is 6.07 Å². The average Bonchev–Trinajstić information content (AvgIpc) is 3.75. The zero-order chi connectivity index (χ0) is 30.4. The maximum atomic E-state index is 16.2. The Morgan fingerprint density at radius 2 is 1.68 bits per heavy atom. The third-order valence-electron chi connectivity index (χ3n) is 7.87. The van der Waals surface area contributed by atoms with E-state index in [1.54, 1.807) is 30.9 Å². The molecule has 1 saturated heterocycles. The Bertz CT molecular complexity index is 2140. The lowest BCUT2D eigenvalue weighted by Gasteiger charge is -2.14. The van der Waals surface area contributed by atoms with E-state index < -0.39 is 21.5 Å². The van der Waals surface area contributed by atoms with Crippen LogP contribution in [0.3, 0.4) is 0 Å². The molecule has 6 heterocycles. The van der Waals surface area contributed by atoms with E-state index in [1.165, 1.54) is 31.2 Å². The summed E-state index contributed by atoms with van der Waals surface area (Å²) in [6, 6.07) is 6.32. The lowest BCUT2D eigenvalue weighted by Crippen LogP contribution is -2.18. The molecule has 1 aliphatic rings. The van der Waals surface area contributed by atoms with E-state index in [-0.39, 0.29) is 28.9 Å². The first kappa shape index (κ1) is 28.2. The second kappa shape index (κ2) is 11.1. The first-order chi connectivity index (χ1) is 21.2. The van der Waals surface area contributed by atoms with Crippen LogP contribution in [-0.4, -0.2) is 73.5 Å². The first-order valence-electron chi connectivity index (χ1n) is 14.2. The molecule has 0 saturated carbocycles. The van der Waals surface area contributed by atoms with Crippen LogP contribution in [-0.2, 0) is 22.8 Å². The number of aromatic nitrogens is 7. The van der Waals surface area contributed by atoms with E-state index in [2.05, 4.69) is 35.0 Å². The Kier molecular flexibility index (Phi) is 7.13. The molecule has 0 atom stereocenters. The summed E-state index contributed by atoms with van der Waals surface area (Å²) in [4.78, 5) is 23.3. The van der Waals surface area contributed by atoms with Crippen LogP contribution in [0.15, 0.2) is 55.2 Å². The number of benzene rings is 1. The number of imidazole rings is 1. The zero-order valence-electron chi connectivity index (χ0n) is 23.8. The highest BCUT2D eigenvalue weighted by molar-refractivity contribution is 7.90. The van der Waals surface area contributed by atoms with E-state index in [9.17, 15) is 12.8 Å². The molecule has 2 N–H and O–H groups in total. The molecule has 5 aromatic heterocycles. The predicted octanol–water partition coefficient (Wildman–Crippen LogP) is 5.09. The Labute approximate surface area is 251 Å². The van der Waals surface area contributed by atoms with Gasteiger partial charge in [0.25, 0.3) is 0 Å². The summed E-state index contributed by atoms with van der Waals surface area (Å²) in [5.41, 5.74) is 5.00. The number of likely N-dealkylation sites (tertiary alicyclic amines) is 1. The van der Waals surface area contributed by atoms with Crippen molar-refractivity contribution in [3.05, 3.63) is 78.0 Å². The van der Waals surface area contributed by atoms with Crippen molar-refractivity contribution in [2.45, 2.75) is 25.8 Å². The molecular formula is C31H28F2N8O2S. The highest BCUT2D eigenvalue weighted by atomic mass is 32.2. The molecule has 0 amide bonds. The Morgan fingerprint density at radius 1 is 0.886 bits per heavy atom. The van der Waals surface area contributed by atoms with Crippen LogP contribution in [0.4, 0.5) is 8.78 Å². The molecule has 6 aromatic rings. The van der Waals surface area contributed by atoms with Gasteiger partial charge in [-0.3, -0.25) is 25.0 Å². The monoisotopic (exact) mass is 614 g/mol. The molecule has 224 valence electrons. The van der Waals surface area contributed by atoms with Gasteiger partial charge in [0.15, 0.2) is 11.6 Å². The van der Waals surface area contributed by atoms with Gasteiger partial charge < -0.3 is 4.98 Å². The third kappa shape index (κ3) is 5.55. The Balaban J connectivity index is 1.27. The van der Waals surface area contributed by atoms with Crippen molar-refractivity contribution in [3.63, 3.8) is 0 Å². The Morgan fingerprint density at radius 3 is 2.50 bits per heavy atom. The molecule has 1 fully saturated rings. The highest BCUT2D eigenvalue weighted by Crippen LogP contribution is 2.35. The summed E-state index contributed by atoms with van der Waals surface area (Å²) in [5, 5.41) is 7.43. The number of hydrogen-bond donors (Lipinski definition) is 2. The molecular weight excluding hydrogens is 586 g/mol. The van der Waals surface area contributed by atoms with E-state index in [4.69, 9.17) is 4.98 Å². The number of nitrogens with one attached hydrogen (secondary N) is 2. The number of sulfone groups is 1. The van der Waals surface area contributed by atoms with Gasteiger partial charge >= 0.3 is 0 Å². The number of pyridine rings is 3. The number of aromatic amines is 2. The summed E-state index contributed by atoms with van der Waals surface area (Å²) in [7, 11) is -3.22. The van der Waals surface area contributed by atoms with Gasteiger partial charge in [-0.05, 0) is 67.2 Å². The largest absolute Gasteiger partial charge is 0.335 e. The SMILES string of the molecule is CS(=O)(=O)CCc1cc(F)cc(-c2cncc3[nH]c(-c4n[nH]c5cnc(-c6cncc(CN7CCCC7)c6)c(F)c45)nc23)c1. The zero-order valence-corrected chi connectivity index (χ0v) is 24.6. The number of aryl methyl sites for hydroxylation is 1. The third-order valence-corrected chi connectivity index (χ3v) is 8.81. The summed E-state index contributed by atoms with van der Waals surface area (Å²) in [6.45, 7) is 2.83. The second-order valence-electron chi connectivity index (χ2n) is 11.2. The summed E-state index contributed by atoms with van der Waals surface area (Å²) >= 11 is 0. The summed E-state index contributed by atoms with van der Waals surface area (Å²) in [5.74, 6) is -0.853. The lowest BCUT2D eigenvalue weighted by atomic mass is 10.0. The van der Waals surface area contributed by atoms with Crippen molar-refractivity contribution in [2.75, 3.05) is 25.1 Å². The minimum atomic E-state index is -3.22. The van der Waals surface area contributed by atoms with Crippen molar-refractivity contribution in [3.8, 4) is 33.9 Å². The minimum Gasteiger partial charge on any atom is -0.335 e. The lowest BCUT2D eigenvalue weighted by molar-refractivity contribution is 0.331. The fourth-order valence-electron chi connectivity index (χ4n) is 5.76. The van der Waals surface area contributed by atoms with Crippen molar-refractivity contribution in [2.24, 2.45) is 0 Å². The molecule has 44 heavy (non-hydrogen) atoms. The molecule has 0 radical (unpaired) electrons. The van der Waals surface area contributed by atoms with Crippen LogP contribution < -0.4 is 0 Å². The van der Waals surface area contributed by atoms with Gasteiger partial charge in [-0.2, -0.15) is 5.10 Å². The molecule has 7 rings (SSSR count). The van der Waals surface area contributed by atoms with Crippen molar-refractivity contribution < 1.29 is 17.2 Å². The van der Waals surface area contributed by atoms with Crippen molar-refractivity contribution in [1.82, 2.24) is 40.0 Å². The maximum absolute atomic E-state index is 16.2. The summed E-state index contributed by atoms with van der Waals surface area (Å²) < 4.78 is 54.2. The molecule has 0 bridgehead atoms. The van der Waals surface area contributed by atoms with Crippen LogP contribution >= 0.6 is 0 Å². The highest BCUT2D eigenvalue weighted by Gasteiger charge is 2.22. The number of rotatable bonds is 8. The van der Waals surface area contributed by atoms with Crippen LogP contribution in [0.2, 0.25) is 0 Å². The van der Waals surface area contributed by atoms with Gasteiger partial charge in [0.05, 0.1) is 40.1 Å². The number of fused-ring (bicyclic) bond motifs is 2. The van der Waals surface area contributed by atoms with Crippen LogP contribution in [0.25, 0.3) is 55.8 Å². The van der Waals surface area contributed by atoms with Crippen LogP contribution in [0.1, 0.15) is 24.0 Å². The van der Waals surface area contributed by atoms with Crippen LogP contribution in [0.5, 0.6) is 0 Å². The second-order valence-corrected chi connectivity index (χ2v) is 13.5. The van der Waals surface area contributed by atoms with E-state index in [0.29, 0.717) is 44.6 Å². The van der Waals surface area contributed by atoms with Crippen LogP contribution in [0, 0.1) is 11.6 Å². The van der Waals surface area contributed by atoms with Gasteiger partial charge in [-0.25, -0.2) is 22.2 Å². The van der Waals surface area contributed by atoms with E-state index in [1.807, 2.05) is 6.07 Å². The normalized spacial score (nSPS) is 14.2. The quantitative estimate of drug-likeness (QED) is 0.242. The standard InChI is InChI=1S/C31H28F2N8O2S/c1-44(42,43)7-4-18-8-20(11-22(32)10-18)23-14-35-15-25-29(23)38-31(37-25)30-26-24(39-40-30)16-36-28(27(26)33)21-9-19(12-34-13-21)17-41-5-2-3-6-41/h8-16H,2-7,17H2,1H3,(H,37,38)(H,39,40). The maximum Gasteiger partial charge on any atom is 0.161 e. The number of hydrogen-bond acceptors (Lipinski definition) is 8. The predicted molar refractivity (Wildman–Crippen MR) is 163 cm³/mol. The molecule has 10 nitrogen and oxygen atoms in total. The van der Waals surface area contributed by atoms with Crippen molar-refractivity contribution >= 4 is 31.8 Å². The van der Waals surface area contributed by atoms with Crippen molar-refractivity contribution in [1.29, 1.82) is 0 Å². The molecule has 13 heteroatoms. The number of halogens is 2. The van der Waals surface area contributed by atoms with Gasteiger partial charge in [0.1, 0.15) is 27.0 Å². The molecule has 0 unspecified atom stereocenters. The first-order valence-corrected chi connectivity index (χ1v) is 16.3. The van der Waals surface area contributed by atoms with Gasteiger partial charge in [0, 0.05) is 42.5 Å². The van der Waals surface area contributed by atoms with E-state index in [0.717, 1.165) is 31.5 Å². The summed E-state index contributed by atoms with van der Waals surface area (Å²) in [6.07, 6.45) is 11.8. The molecule has 0 spiro atoms. The topological polar surface area (TPSA) is 133 Å². The molecule has 1 aromatic carbocycles. The Hall–Kier alpha value is -4.62. The average molecular weight is 615 g/mol. The fourth-order valence-corrected chi connectivity index (χ4v) is 6.37. The van der Waals surface area contributed by atoms with Gasteiger partial charge in [-0.15, -0.1) is 0 Å². The molecule has 0 aliphatic carbocycles. The minimum absolute atomic E-state index is 0.0989. The molecule has 1 aliphatic heterocycles. The van der Waals surface area contributed by atoms with E-state index >= 15 is 4.39 Å². The number of H-pyrrole nitrogens is 2. The number of nitrogens with zero attached hydrogens (tertiary/aromatic N) is 6.